The number of rotatable bonds is 6. The molecule has 0 radical (unpaired) electrons. The minimum Gasteiger partial charge on any atom is -0.473 e. The highest BCUT2D eigenvalue weighted by atomic mass is 35.5. The van der Waals surface area contributed by atoms with E-state index in [1.165, 1.54) is 4.90 Å². The maximum atomic E-state index is 14.7. The predicted octanol–water partition coefficient (Wildman–Crippen LogP) is 4.78. The van der Waals surface area contributed by atoms with Crippen LogP contribution in [0.5, 0.6) is 5.88 Å². The molecule has 5 aliphatic rings. The third-order valence-corrected chi connectivity index (χ3v) is 14.5. The number of benzene rings is 1. The van der Waals surface area contributed by atoms with E-state index in [4.69, 9.17) is 21.1 Å². The van der Waals surface area contributed by atoms with Gasteiger partial charge in [0.2, 0.25) is 21.8 Å². The average Bonchev–Trinajstić information content (AvgIpc) is 4.02. The summed E-state index contributed by atoms with van der Waals surface area (Å²) in [5.74, 6) is -1.81. The zero-order valence-electron chi connectivity index (χ0n) is 32.6. The van der Waals surface area contributed by atoms with Crippen molar-refractivity contribution in [3.63, 3.8) is 0 Å². The van der Waals surface area contributed by atoms with Crippen LogP contribution in [0, 0.1) is 17.3 Å². The second-order valence-corrected chi connectivity index (χ2v) is 19.9. The van der Waals surface area contributed by atoms with Crippen molar-refractivity contribution in [3.05, 3.63) is 39.6 Å². The molecule has 3 aliphatic carbocycles. The van der Waals surface area contributed by atoms with Gasteiger partial charge >= 0.3 is 6.09 Å². The fraction of sp³-hybridized carbons (Fsp3) is 0.675. The van der Waals surface area contributed by atoms with E-state index in [2.05, 4.69) is 15.4 Å². The van der Waals surface area contributed by atoms with Crippen LogP contribution >= 0.6 is 11.6 Å². The molecule has 306 valence electrons. The summed E-state index contributed by atoms with van der Waals surface area (Å²) in [4.78, 5) is 71.7. The number of sulfonamides is 1. The topological polar surface area (TPSA) is 182 Å². The zero-order chi connectivity index (χ0) is 40.2. The highest BCUT2D eigenvalue weighted by molar-refractivity contribution is 7.91. The van der Waals surface area contributed by atoms with E-state index in [9.17, 15) is 32.4 Å². The molecule has 2 bridgehead atoms. The number of pyridine rings is 1. The van der Waals surface area contributed by atoms with E-state index in [1.807, 2.05) is 27.7 Å². The largest absolute Gasteiger partial charge is 0.473 e. The van der Waals surface area contributed by atoms with Gasteiger partial charge in [0.15, 0.2) is 5.88 Å². The Bertz CT molecular complexity index is 2060. The standard InChI is InChI=1S/C40H54ClN5O9S/c1-5-25-21-40(25,37(50)44-56(52,53)28-14-15-28)43-34(47)30-20-27-22-46(30)36(49)33(39(2,3)4)42-38(51)55-31-12-9-11-23(31)10-7-6-8-17-45-32(54-27)19-24-18-26(41)13-16-29(24)35(45)48/h13,16,18-19,23,25,27-28,30-31,33H,5-12,14-15,17,20-22H2,1-4H3,(H,42,51)(H,43,47)(H,44,50)/t23-,25-,27-,30+,31-,33-,40-/m1/s1. The maximum absolute atomic E-state index is 14.7. The first-order valence-corrected chi connectivity index (χ1v) is 22.1. The van der Waals surface area contributed by atoms with Crippen molar-refractivity contribution < 1.29 is 37.1 Å². The molecule has 16 heteroatoms. The summed E-state index contributed by atoms with van der Waals surface area (Å²) in [6.07, 6.45) is 5.83. The molecular weight excluding hydrogens is 762 g/mol. The number of nitrogens with zero attached hydrogens (tertiary/aromatic N) is 2. The Hall–Kier alpha value is -3.85. The van der Waals surface area contributed by atoms with Gasteiger partial charge in [0.25, 0.3) is 11.5 Å². The van der Waals surface area contributed by atoms with Crippen molar-refractivity contribution in [1.82, 2.24) is 24.8 Å². The fourth-order valence-corrected chi connectivity index (χ4v) is 10.4. The van der Waals surface area contributed by atoms with Gasteiger partial charge < -0.3 is 25.0 Å². The van der Waals surface area contributed by atoms with E-state index in [-0.39, 0.29) is 48.8 Å². The van der Waals surface area contributed by atoms with Gasteiger partial charge in [-0.05, 0) is 92.2 Å². The molecule has 3 saturated carbocycles. The Balaban J connectivity index is 1.24. The second-order valence-electron chi connectivity index (χ2n) is 17.5. The summed E-state index contributed by atoms with van der Waals surface area (Å²) < 4.78 is 42.0. The number of hydrogen-bond acceptors (Lipinski definition) is 9. The Morgan fingerprint density at radius 1 is 1.00 bits per heavy atom. The van der Waals surface area contributed by atoms with Gasteiger partial charge in [-0.15, -0.1) is 0 Å². The maximum Gasteiger partial charge on any atom is 0.408 e. The Morgan fingerprint density at radius 2 is 1.75 bits per heavy atom. The molecule has 1 saturated heterocycles. The smallest absolute Gasteiger partial charge is 0.408 e. The number of carbonyl (C=O) groups excluding carboxylic acids is 4. The van der Waals surface area contributed by atoms with Crippen molar-refractivity contribution >= 4 is 56.2 Å². The number of ether oxygens (including phenoxy) is 2. The number of hydrogen-bond donors (Lipinski definition) is 3. The molecule has 1 aromatic carbocycles. The summed E-state index contributed by atoms with van der Waals surface area (Å²) in [6.45, 7) is 7.61. The Morgan fingerprint density at radius 3 is 2.45 bits per heavy atom. The van der Waals surface area contributed by atoms with Gasteiger partial charge in [0.05, 0.1) is 11.8 Å². The van der Waals surface area contributed by atoms with Gasteiger partial charge in [-0.2, -0.15) is 0 Å². The highest BCUT2D eigenvalue weighted by Crippen LogP contribution is 2.47. The molecule has 2 aliphatic heterocycles. The van der Waals surface area contributed by atoms with E-state index in [0.29, 0.717) is 48.0 Å². The van der Waals surface area contributed by atoms with Gasteiger partial charge in [-0.3, -0.25) is 28.5 Å². The number of carbonyl (C=O) groups is 4. The Labute approximate surface area is 332 Å². The summed E-state index contributed by atoms with van der Waals surface area (Å²) in [7, 11) is -3.89. The summed E-state index contributed by atoms with van der Waals surface area (Å²) in [6, 6.07) is 4.56. The number of alkyl carbamates (subject to hydrolysis) is 1. The van der Waals surface area contributed by atoms with Crippen LogP contribution in [0.4, 0.5) is 4.79 Å². The quantitative estimate of drug-likeness (QED) is 0.370. The predicted molar refractivity (Wildman–Crippen MR) is 210 cm³/mol. The van der Waals surface area contributed by atoms with E-state index in [0.717, 1.165) is 38.5 Å². The van der Waals surface area contributed by atoms with Gasteiger partial charge in [0.1, 0.15) is 29.8 Å². The third-order valence-electron chi connectivity index (χ3n) is 12.4. The lowest BCUT2D eigenvalue weighted by Gasteiger charge is -2.35. The van der Waals surface area contributed by atoms with E-state index in [1.54, 1.807) is 28.8 Å². The van der Waals surface area contributed by atoms with E-state index >= 15 is 0 Å². The summed E-state index contributed by atoms with van der Waals surface area (Å²) in [5.41, 5.74) is -2.52. The molecular formula is C40H54ClN5O9S. The number of nitrogens with one attached hydrogen (secondary N) is 3. The minimum atomic E-state index is -3.89. The summed E-state index contributed by atoms with van der Waals surface area (Å²) >= 11 is 6.33. The molecule has 3 N–H and O–H groups in total. The molecule has 3 heterocycles. The van der Waals surface area contributed by atoms with E-state index < -0.39 is 68.2 Å². The first-order chi connectivity index (χ1) is 26.5. The van der Waals surface area contributed by atoms with Crippen molar-refractivity contribution in [2.24, 2.45) is 17.3 Å². The summed E-state index contributed by atoms with van der Waals surface area (Å²) in [5, 5.41) is 6.61. The monoisotopic (exact) mass is 815 g/mol. The van der Waals surface area contributed by atoms with Crippen molar-refractivity contribution in [2.75, 3.05) is 6.54 Å². The molecule has 4 fully saturated rings. The number of aromatic nitrogens is 1. The molecule has 7 atom stereocenters. The van der Waals surface area contributed by atoms with Crippen LogP contribution in [-0.2, 0) is 35.7 Å². The molecule has 14 nitrogen and oxygen atoms in total. The SMILES string of the molecule is CC[C@@H]1C[C@]1(NC(=O)[C@@H]1C[C@@H]2CN1C(=O)[C@H](C(C)(C)C)NC(=O)O[C@@H]1CCC[C@H]1CCCCCn1c(cc3cc(Cl)ccc3c1=O)O2)C(=O)NS(=O)(=O)C1CC1. The van der Waals surface area contributed by atoms with Gasteiger partial charge in [0, 0.05) is 29.4 Å². The highest BCUT2D eigenvalue weighted by Gasteiger charge is 2.62. The lowest BCUT2D eigenvalue weighted by Crippen LogP contribution is -2.60. The van der Waals surface area contributed by atoms with Crippen LogP contribution in [-0.4, -0.2) is 83.3 Å². The first-order valence-electron chi connectivity index (χ1n) is 20.2. The van der Waals surface area contributed by atoms with Crippen LogP contribution in [0.15, 0.2) is 29.1 Å². The lowest BCUT2D eigenvalue weighted by molar-refractivity contribution is -0.143. The van der Waals surface area contributed by atoms with Crippen LogP contribution in [0.25, 0.3) is 10.8 Å². The van der Waals surface area contributed by atoms with Crippen molar-refractivity contribution in [1.29, 1.82) is 0 Å². The third kappa shape index (κ3) is 8.25. The van der Waals surface area contributed by atoms with Crippen LogP contribution in [0.2, 0.25) is 5.02 Å². The van der Waals surface area contributed by atoms with Gasteiger partial charge in [-0.25, -0.2) is 13.2 Å². The zero-order valence-corrected chi connectivity index (χ0v) is 34.2. The molecule has 4 amide bonds. The Kier molecular flexibility index (Phi) is 11.2. The fourth-order valence-electron chi connectivity index (χ4n) is 8.90. The first kappa shape index (κ1) is 40.4. The number of fused-ring (bicyclic) bond motifs is 5. The number of halogens is 1. The molecule has 2 aromatic rings. The van der Waals surface area contributed by atoms with Gasteiger partial charge in [-0.1, -0.05) is 58.6 Å². The van der Waals surface area contributed by atoms with Crippen molar-refractivity contribution in [2.45, 2.75) is 146 Å². The van der Waals surface area contributed by atoms with Crippen LogP contribution in [0.3, 0.4) is 0 Å². The molecule has 0 spiro atoms. The average molecular weight is 816 g/mol. The molecule has 56 heavy (non-hydrogen) atoms. The molecule has 7 rings (SSSR count). The second kappa shape index (κ2) is 15.5. The number of amides is 4. The molecule has 1 aromatic heterocycles. The van der Waals surface area contributed by atoms with Crippen molar-refractivity contribution in [3.8, 4) is 5.88 Å². The normalized spacial score (nSPS) is 30.2. The minimum absolute atomic E-state index is 0.000721. The van der Waals surface area contributed by atoms with Crippen LogP contribution < -0.4 is 25.7 Å². The molecule has 0 unspecified atom stereocenters. The van der Waals surface area contributed by atoms with Crippen LogP contribution in [0.1, 0.15) is 105 Å². The lowest BCUT2D eigenvalue weighted by atomic mass is 9.85.